The largest absolute Gasteiger partial charge is 0.398 e. The summed E-state index contributed by atoms with van der Waals surface area (Å²) < 4.78 is 1.80. The van der Waals surface area contributed by atoms with Crippen LogP contribution in [0.1, 0.15) is 12.7 Å². The maximum Gasteiger partial charge on any atom is 0.273 e. The second kappa shape index (κ2) is 4.25. The molecule has 0 saturated heterocycles. The lowest BCUT2D eigenvalue weighted by atomic mass is 10.2. The number of rotatable bonds is 3. The summed E-state index contributed by atoms with van der Waals surface area (Å²) in [6, 6.07) is 4.51. The highest BCUT2D eigenvalue weighted by molar-refractivity contribution is 5.56. The Morgan fingerprint density at radius 1 is 1.47 bits per heavy atom. The van der Waals surface area contributed by atoms with Crippen LogP contribution in [0.2, 0.25) is 0 Å². The molecule has 2 aromatic rings. The van der Waals surface area contributed by atoms with E-state index >= 15 is 0 Å². The van der Waals surface area contributed by atoms with Crippen LogP contribution in [0.15, 0.2) is 30.6 Å². The van der Waals surface area contributed by atoms with E-state index in [0.29, 0.717) is 11.4 Å². The highest BCUT2D eigenvalue weighted by Gasteiger charge is 2.11. The molecule has 0 aliphatic carbocycles. The Hall–Kier alpha value is -2.37. The summed E-state index contributed by atoms with van der Waals surface area (Å²) >= 11 is 0. The topological polar surface area (TPSA) is 87.0 Å². The van der Waals surface area contributed by atoms with E-state index in [1.165, 1.54) is 12.1 Å². The van der Waals surface area contributed by atoms with Gasteiger partial charge in [0.15, 0.2) is 0 Å². The molecule has 1 aromatic heterocycles. The molecule has 0 spiro atoms. The van der Waals surface area contributed by atoms with E-state index in [4.69, 9.17) is 5.73 Å². The Labute approximate surface area is 97.9 Å². The molecule has 0 unspecified atom stereocenters. The number of nitrogens with two attached hydrogens (primary N) is 1. The molecule has 0 radical (unpaired) electrons. The van der Waals surface area contributed by atoms with Crippen LogP contribution in [0.25, 0.3) is 5.69 Å². The molecule has 0 fully saturated rings. The molecule has 6 nitrogen and oxygen atoms in total. The molecule has 0 aliphatic heterocycles. The highest BCUT2D eigenvalue weighted by Crippen LogP contribution is 2.22. The highest BCUT2D eigenvalue weighted by atomic mass is 16.6. The van der Waals surface area contributed by atoms with Gasteiger partial charge in [-0.25, -0.2) is 4.98 Å². The van der Waals surface area contributed by atoms with Crippen molar-refractivity contribution in [2.75, 3.05) is 5.73 Å². The number of hydrogen-bond acceptors (Lipinski definition) is 4. The Balaban J connectivity index is 2.56. The summed E-state index contributed by atoms with van der Waals surface area (Å²) in [4.78, 5) is 14.5. The van der Waals surface area contributed by atoms with E-state index in [1.54, 1.807) is 23.0 Å². The first-order valence-corrected chi connectivity index (χ1v) is 5.19. The van der Waals surface area contributed by atoms with E-state index in [0.717, 1.165) is 12.2 Å². The standard InChI is InChI=1S/C11H12N4O2/c1-2-11-13-3-4-14(11)9-5-8(12)6-10(7-9)15(16)17/h3-7H,2,12H2,1H3. The Morgan fingerprint density at radius 2 is 2.24 bits per heavy atom. The molecule has 88 valence electrons. The molecule has 0 saturated carbocycles. The van der Waals surface area contributed by atoms with Crippen LogP contribution in [-0.2, 0) is 6.42 Å². The average molecular weight is 232 g/mol. The number of benzene rings is 1. The Bertz CT molecular complexity index is 562. The number of hydrogen-bond donors (Lipinski definition) is 1. The van der Waals surface area contributed by atoms with Gasteiger partial charge in [0.2, 0.25) is 0 Å². The van der Waals surface area contributed by atoms with Crippen molar-refractivity contribution >= 4 is 11.4 Å². The summed E-state index contributed by atoms with van der Waals surface area (Å²) in [7, 11) is 0. The van der Waals surface area contributed by atoms with Crippen molar-refractivity contribution in [3.05, 3.63) is 46.5 Å². The molecule has 6 heteroatoms. The van der Waals surface area contributed by atoms with Gasteiger partial charge in [-0.05, 0) is 6.07 Å². The lowest BCUT2D eigenvalue weighted by Crippen LogP contribution is -2.01. The minimum atomic E-state index is -0.456. The van der Waals surface area contributed by atoms with Crippen molar-refractivity contribution in [3.8, 4) is 5.69 Å². The minimum absolute atomic E-state index is 0.0178. The van der Waals surface area contributed by atoms with Crippen LogP contribution < -0.4 is 5.73 Å². The summed E-state index contributed by atoms with van der Waals surface area (Å²) in [5.74, 6) is 0.838. The van der Waals surface area contributed by atoms with Gasteiger partial charge in [-0.1, -0.05) is 6.92 Å². The number of nitrogens with zero attached hydrogens (tertiary/aromatic N) is 3. The van der Waals surface area contributed by atoms with Crippen LogP contribution in [0, 0.1) is 10.1 Å². The first-order chi connectivity index (χ1) is 8.11. The third-order valence-electron chi connectivity index (χ3n) is 2.45. The maximum atomic E-state index is 10.8. The van der Waals surface area contributed by atoms with Crippen molar-refractivity contribution in [1.82, 2.24) is 9.55 Å². The lowest BCUT2D eigenvalue weighted by molar-refractivity contribution is -0.384. The summed E-state index contributed by atoms with van der Waals surface area (Å²) in [6.45, 7) is 1.97. The van der Waals surface area contributed by atoms with E-state index < -0.39 is 4.92 Å². The van der Waals surface area contributed by atoms with Crippen molar-refractivity contribution in [2.24, 2.45) is 0 Å². The maximum absolute atomic E-state index is 10.8. The fourth-order valence-electron chi connectivity index (χ4n) is 1.69. The molecule has 0 amide bonds. The minimum Gasteiger partial charge on any atom is -0.398 e. The molecule has 2 N–H and O–H groups in total. The van der Waals surface area contributed by atoms with Gasteiger partial charge in [0.1, 0.15) is 5.82 Å². The van der Waals surface area contributed by atoms with E-state index in [9.17, 15) is 10.1 Å². The molecule has 0 atom stereocenters. The van der Waals surface area contributed by atoms with Gasteiger partial charge in [0, 0.05) is 36.6 Å². The number of imidazole rings is 1. The van der Waals surface area contributed by atoms with Crippen molar-refractivity contribution in [3.63, 3.8) is 0 Å². The van der Waals surface area contributed by atoms with Gasteiger partial charge < -0.3 is 10.3 Å². The number of anilines is 1. The molecular formula is C11H12N4O2. The van der Waals surface area contributed by atoms with Crippen LogP contribution in [0.5, 0.6) is 0 Å². The molecule has 1 heterocycles. The number of aryl methyl sites for hydroxylation is 1. The van der Waals surface area contributed by atoms with Crippen molar-refractivity contribution in [1.29, 1.82) is 0 Å². The monoisotopic (exact) mass is 232 g/mol. The summed E-state index contributed by atoms with van der Waals surface area (Å²) in [6.07, 6.45) is 4.17. The quantitative estimate of drug-likeness (QED) is 0.497. The number of nitro groups is 1. The lowest BCUT2D eigenvalue weighted by Gasteiger charge is -2.07. The van der Waals surface area contributed by atoms with Gasteiger partial charge in [-0.15, -0.1) is 0 Å². The summed E-state index contributed by atoms with van der Waals surface area (Å²) in [5, 5.41) is 10.8. The second-order valence-electron chi connectivity index (χ2n) is 3.61. The fourth-order valence-corrected chi connectivity index (χ4v) is 1.69. The number of nitro benzene ring substituents is 1. The van der Waals surface area contributed by atoms with Gasteiger partial charge in [0.05, 0.1) is 10.6 Å². The van der Waals surface area contributed by atoms with Gasteiger partial charge in [0.25, 0.3) is 5.69 Å². The predicted octanol–water partition coefficient (Wildman–Crippen LogP) is 1.93. The number of aromatic nitrogens is 2. The average Bonchev–Trinajstić information content (AvgIpc) is 2.76. The zero-order chi connectivity index (χ0) is 12.4. The zero-order valence-corrected chi connectivity index (χ0v) is 9.33. The van der Waals surface area contributed by atoms with Gasteiger partial charge in [-0.2, -0.15) is 0 Å². The van der Waals surface area contributed by atoms with Crippen molar-refractivity contribution < 1.29 is 4.92 Å². The van der Waals surface area contributed by atoms with Crippen LogP contribution in [-0.4, -0.2) is 14.5 Å². The van der Waals surface area contributed by atoms with E-state index in [2.05, 4.69) is 4.98 Å². The predicted molar refractivity (Wildman–Crippen MR) is 64.0 cm³/mol. The molecule has 1 aromatic carbocycles. The SMILES string of the molecule is CCc1nccn1-c1cc(N)cc([N+](=O)[O-])c1. The molecule has 17 heavy (non-hydrogen) atoms. The van der Waals surface area contributed by atoms with Gasteiger partial charge >= 0.3 is 0 Å². The first kappa shape index (κ1) is 11.1. The number of nitrogen functional groups attached to an aromatic ring is 1. The van der Waals surface area contributed by atoms with Gasteiger partial charge in [-0.3, -0.25) is 10.1 Å². The molecule has 0 bridgehead atoms. The third kappa shape index (κ3) is 2.10. The Kier molecular flexibility index (Phi) is 2.78. The van der Waals surface area contributed by atoms with Crippen molar-refractivity contribution in [2.45, 2.75) is 13.3 Å². The normalized spacial score (nSPS) is 10.4. The second-order valence-corrected chi connectivity index (χ2v) is 3.61. The Morgan fingerprint density at radius 3 is 2.88 bits per heavy atom. The van der Waals surface area contributed by atoms with Crippen LogP contribution in [0.3, 0.4) is 0 Å². The fraction of sp³-hybridized carbons (Fsp3) is 0.182. The van der Waals surface area contributed by atoms with Crippen LogP contribution in [0.4, 0.5) is 11.4 Å². The third-order valence-corrected chi connectivity index (χ3v) is 2.45. The van der Waals surface area contributed by atoms with Crippen LogP contribution >= 0.6 is 0 Å². The van der Waals surface area contributed by atoms with E-state index in [-0.39, 0.29) is 5.69 Å². The first-order valence-electron chi connectivity index (χ1n) is 5.19. The number of non-ortho nitro benzene ring substituents is 1. The molecule has 2 rings (SSSR count). The zero-order valence-electron chi connectivity index (χ0n) is 9.33. The smallest absolute Gasteiger partial charge is 0.273 e. The molecule has 0 aliphatic rings. The molecular weight excluding hydrogens is 220 g/mol. The van der Waals surface area contributed by atoms with E-state index in [1.807, 2.05) is 6.92 Å². The summed E-state index contributed by atoms with van der Waals surface area (Å²) in [5.41, 5.74) is 6.66.